The maximum absolute atomic E-state index is 11.8. The lowest BCUT2D eigenvalue weighted by molar-refractivity contribution is 0.0198. The molecule has 0 spiro atoms. The van der Waals surface area contributed by atoms with Crippen molar-refractivity contribution in [3.05, 3.63) is 0 Å². The van der Waals surface area contributed by atoms with Crippen molar-refractivity contribution in [1.82, 2.24) is 10.3 Å². The number of ether oxygens (including phenoxy) is 1. The smallest absolute Gasteiger partial charge is 0.410 e. The van der Waals surface area contributed by atoms with Crippen molar-refractivity contribution in [2.75, 3.05) is 13.1 Å². The van der Waals surface area contributed by atoms with Crippen LogP contribution in [0.25, 0.3) is 0 Å². The van der Waals surface area contributed by atoms with Crippen molar-refractivity contribution in [3.8, 4) is 0 Å². The van der Waals surface area contributed by atoms with Crippen molar-refractivity contribution in [1.29, 1.82) is 0 Å². The van der Waals surface area contributed by atoms with Gasteiger partial charge in [0.15, 0.2) is 0 Å². The van der Waals surface area contributed by atoms with E-state index < -0.39 is 5.60 Å². The second-order valence-electron chi connectivity index (χ2n) is 5.53. The maximum Gasteiger partial charge on any atom is 0.410 e. The number of piperidine rings is 1. The zero-order valence-electron chi connectivity index (χ0n) is 11.6. The minimum absolute atomic E-state index is 0.227. The van der Waals surface area contributed by atoms with Crippen LogP contribution in [0.2, 0.25) is 0 Å². The van der Waals surface area contributed by atoms with E-state index in [1.165, 1.54) is 0 Å². The van der Waals surface area contributed by atoms with E-state index >= 15 is 0 Å². The predicted molar refractivity (Wildman–Crippen MR) is 76.1 cm³/mol. The Morgan fingerprint density at radius 2 is 1.94 bits per heavy atom. The molecule has 0 unspecified atom stereocenters. The Hall–Kier alpha value is -0.910. The van der Waals surface area contributed by atoms with Gasteiger partial charge in [-0.25, -0.2) is 4.79 Å². The minimum atomic E-state index is -0.431. The molecule has 0 aromatic rings. The van der Waals surface area contributed by atoms with Gasteiger partial charge in [-0.1, -0.05) is 0 Å². The first-order chi connectivity index (χ1) is 8.28. The second-order valence-corrected chi connectivity index (χ2v) is 6.18. The average Bonchev–Trinajstić information content (AvgIpc) is 2.24. The molecule has 1 rings (SSSR count). The molecule has 1 aliphatic rings. The van der Waals surface area contributed by atoms with Gasteiger partial charge in [0.05, 0.1) is 5.04 Å². The molecule has 0 radical (unpaired) electrons. The van der Waals surface area contributed by atoms with E-state index in [-0.39, 0.29) is 6.09 Å². The van der Waals surface area contributed by atoms with Crippen LogP contribution in [0.4, 0.5) is 4.79 Å². The highest BCUT2D eigenvalue weighted by Gasteiger charge is 2.26. The number of likely N-dealkylation sites (tertiary alicyclic amines) is 1. The molecule has 1 aliphatic heterocycles. The van der Waals surface area contributed by atoms with Crippen LogP contribution in [-0.4, -0.2) is 40.8 Å². The summed E-state index contributed by atoms with van der Waals surface area (Å²) in [6, 6.07) is 0.311. The molecular formula is C12H23N3O2S. The number of amides is 1. The number of rotatable bonds is 2. The monoisotopic (exact) mass is 273 g/mol. The largest absolute Gasteiger partial charge is 0.444 e. The first-order valence-corrected chi connectivity index (χ1v) is 6.69. The zero-order chi connectivity index (χ0) is 13.8. The molecular weight excluding hydrogens is 250 g/mol. The Morgan fingerprint density at radius 3 is 2.39 bits per heavy atom. The van der Waals surface area contributed by atoms with Crippen molar-refractivity contribution in [2.45, 2.75) is 52.2 Å². The summed E-state index contributed by atoms with van der Waals surface area (Å²) in [7, 11) is 0. The fourth-order valence-corrected chi connectivity index (χ4v) is 1.76. The van der Waals surface area contributed by atoms with Gasteiger partial charge >= 0.3 is 6.09 Å². The molecule has 18 heavy (non-hydrogen) atoms. The molecule has 5 nitrogen and oxygen atoms in total. The summed E-state index contributed by atoms with van der Waals surface area (Å²) < 4.78 is 5.34. The average molecular weight is 273 g/mol. The molecule has 0 aromatic heterocycles. The number of hydrogen-bond donors (Lipinski definition) is 2. The maximum atomic E-state index is 11.8. The first-order valence-electron chi connectivity index (χ1n) is 6.24. The summed E-state index contributed by atoms with van der Waals surface area (Å²) in [5, 5.41) is 4.79. The van der Waals surface area contributed by atoms with Crippen LogP contribution >= 0.6 is 12.6 Å². The van der Waals surface area contributed by atoms with Gasteiger partial charge in [0.1, 0.15) is 5.60 Å². The molecule has 1 N–H and O–H groups in total. The lowest BCUT2D eigenvalue weighted by atomic mass is 10.1. The van der Waals surface area contributed by atoms with Gasteiger partial charge in [-0.15, -0.1) is 12.6 Å². The highest BCUT2D eigenvalue weighted by Crippen LogP contribution is 2.15. The number of nitrogens with zero attached hydrogens (tertiary/aromatic N) is 2. The Kier molecular flexibility index (Phi) is 5.31. The fourth-order valence-electron chi connectivity index (χ4n) is 1.70. The number of hydrazone groups is 1. The molecule has 0 bridgehead atoms. The normalized spacial score (nSPS) is 18.7. The molecule has 1 fully saturated rings. The van der Waals surface area contributed by atoms with Crippen LogP contribution < -0.4 is 5.43 Å². The Morgan fingerprint density at radius 1 is 1.39 bits per heavy atom. The molecule has 0 atom stereocenters. The minimum Gasteiger partial charge on any atom is -0.444 e. The van der Waals surface area contributed by atoms with Gasteiger partial charge in [0.2, 0.25) is 0 Å². The van der Waals surface area contributed by atoms with E-state index in [0.717, 1.165) is 12.8 Å². The summed E-state index contributed by atoms with van der Waals surface area (Å²) >= 11 is 4.10. The molecule has 1 saturated heterocycles. The second kappa shape index (κ2) is 6.31. The van der Waals surface area contributed by atoms with E-state index in [1.54, 1.807) is 4.90 Å². The third kappa shape index (κ3) is 5.62. The van der Waals surface area contributed by atoms with Gasteiger partial charge in [0.25, 0.3) is 0 Å². The highest BCUT2D eigenvalue weighted by molar-refractivity contribution is 7.96. The van der Waals surface area contributed by atoms with Gasteiger partial charge in [-0.05, 0) is 40.5 Å². The van der Waals surface area contributed by atoms with E-state index in [0.29, 0.717) is 24.2 Å². The van der Waals surface area contributed by atoms with Gasteiger partial charge in [-0.3, -0.25) is 0 Å². The van der Waals surface area contributed by atoms with Crippen molar-refractivity contribution in [3.63, 3.8) is 0 Å². The Labute approximate surface area is 114 Å². The SMILES string of the molecule is C/C(S)=N\NC1CCN(C(=O)OC(C)(C)C)CC1. The van der Waals surface area contributed by atoms with Gasteiger partial charge in [-0.2, -0.15) is 5.10 Å². The summed E-state index contributed by atoms with van der Waals surface area (Å²) in [6.07, 6.45) is 1.53. The molecule has 0 saturated carbocycles. The molecule has 104 valence electrons. The topological polar surface area (TPSA) is 53.9 Å². The molecule has 0 aromatic carbocycles. The van der Waals surface area contributed by atoms with Gasteiger partial charge in [0, 0.05) is 19.1 Å². The van der Waals surface area contributed by atoms with E-state index in [9.17, 15) is 4.79 Å². The number of nitrogens with one attached hydrogen (secondary N) is 1. The number of carbonyl (C=O) groups is 1. The summed E-state index contributed by atoms with van der Waals surface area (Å²) in [5.74, 6) is 0. The predicted octanol–water partition coefficient (Wildman–Crippen LogP) is 2.24. The van der Waals surface area contributed by atoms with Crippen LogP contribution in [0, 0.1) is 0 Å². The van der Waals surface area contributed by atoms with E-state index in [4.69, 9.17) is 4.74 Å². The van der Waals surface area contributed by atoms with Crippen LogP contribution in [0.1, 0.15) is 40.5 Å². The number of thiol groups is 1. The molecule has 0 aliphatic carbocycles. The fraction of sp³-hybridized carbons (Fsp3) is 0.833. The quantitative estimate of drug-likeness (QED) is 0.351. The summed E-state index contributed by atoms with van der Waals surface area (Å²) in [5.41, 5.74) is 2.63. The lowest BCUT2D eigenvalue weighted by Gasteiger charge is -2.33. The summed E-state index contributed by atoms with van der Waals surface area (Å²) in [4.78, 5) is 13.6. The number of carbonyl (C=O) groups excluding carboxylic acids is 1. The van der Waals surface area contributed by atoms with Crippen molar-refractivity contribution in [2.24, 2.45) is 5.10 Å². The summed E-state index contributed by atoms with van der Waals surface area (Å²) in [6.45, 7) is 8.86. The Bertz CT molecular complexity index is 314. The molecule has 6 heteroatoms. The van der Waals surface area contributed by atoms with Gasteiger partial charge < -0.3 is 15.1 Å². The Balaban J connectivity index is 2.35. The van der Waals surface area contributed by atoms with E-state index in [1.807, 2.05) is 27.7 Å². The van der Waals surface area contributed by atoms with Crippen molar-refractivity contribution < 1.29 is 9.53 Å². The first kappa shape index (κ1) is 15.1. The third-order valence-electron chi connectivity index (χ3n) is 2.56. The molecule has 1 amide bonds. The molecule has 1 heterocycles. The zero-order valence-corrected chi connectivity index (χ0v) is 12.5. The third-order valence-corrected chi connectivity index (χ3v) is 2.66. The van der Waals surface area contributed by atoms with Crippen LogP contribution in [0.5, 0.6) is 0 Å². The van der Waals surface area contributed by atoms with Crippen LogP contribution in [-0.2, 0) is 4.74 Å². The van der Waals surface area contributed by atoms with E-state index in [2.05, 4.69) is 23.2 Å². The van der Waals surface area contributed by atoms with Crippen LogP contribution in [0.15, 0.2) is 5.10 Å². The number of hydrogen-bond acceptors (Lipinski definition) is 4. The highest BCUT2D eigenvalue weighted by atomic mass is 32.1. The lowest BCUT2D eigenvalue weighted by Crippen LogP contribution is -2.45. The van der Waals surface area contributed by atoms with Crippen molar-refractivity contribution >= 4 is 23.8 Å². The van der Waals surface area contributed by atoms with Crippen LogP contribution in [0.3, 0.4) is 0 Å². The standard InChI is InChI=1S/C12H23N3O2S/c1-9(18)13-14-10-5-7-15(8-6-10)11(16)17-12(2,3)4/h10,14H,5-8H2,1-4H3,(H,13,18).